The molecule has 0 radical (unpaired) electrons. The van der Waals surface area contributed by atoms with E-state index >= 15 is 0 Å². The second-order valence-corrected chi connectivity index (χ2v) is 7.86. The first kappa shape index (κ1) is 14.0. The van der Waals surface area contributed by atoms with Gasteiger partial charge >= 0.3 is 0 Å². The van der Waals surface area contributed by atoms with Crippen LogP contribution in [0.2, 0.25) is 0 Å². The average Bonchev–Trinajstić information content (AvgIpc) is 2.69. The Morgan fingerprint density at radius 2 is 2.00 bits per heavy atom. The minimum absolute atomic E-state index is 0.286. The maximum Gasteiger partial charge on any atom is 0.197 e. The van der Waals surface area contributed by atoms with Crippen molar-refractivity contribution in [1.82, 2.24) is 4.98 Å². The normalized spacial score (nSPS) is 14.7. The van der Waals surface area contributed by atoms with Crippen molar-refractivity contribution >= 4 is 20.9 Å². The summed E-state index contributed by atoms with van der Waals surface area (Å²) < 4.78 is 28.0. The zero-order valence-electron chi connectivity index (χ0n) is 11.3. The summed E-state index contributed by atoms with van der Waals surface area (Å²) in [5, 5.41) is 0. The van der Waals surface area contributed by atoms with Crippen molar-refractivity contribution in [2.75, 3.05) is 6.26 Å². The number of sulfone groups is 1. The van der Waals surface area contributed by atoms with Crippen LogP contribution < -0.4 is 5.73 Å². The Morgan fingerprint density at radius 1 is 1.37 bits per heavy atom. The molecule has 1 heterocycles. The maximum absolute atomic E-state index is 11.7. The van der Waals surface area contributed by atoms with Crippen molar-refractivity contribution in [2.24, 2.45) is 5.73 Å². The smallest absolute Gasteiger partial charge is 0.197 e. The number of nitrogens with zero attached hydrogens (tertiary/aromatic N) is 1. The van der Waals surface area contributed by atoms with E-state index in [1.807, 2.05) is 24.3 Å². The van der Waals surface area contributed by atoms with Gasteiger partial charge in [-0.1, -0.05) is 12.1 Å². The number of benzene rings is 1. The molecule has 1 aromatic heterocycles. The quantitative estimate of drug-likeness (QED) is 0.918. The van der Waals surface area contributed by atoms with Gasteiger partial charge in [0.15, 0.2) is 21.3 Å². The van der Waals surface area contributed by atoms with Crippen LogP contribution in [0.3, 0.4) is 0 Å². The van der Waals surface area contributed by atoms with Gasteiger partial charge in [-0.25, -0.2) is 13.4 Å². The first-order valence-electron chi connectivity index (χ1n) is 6.01. The van der Waals surface area contributed by atoms with Crippen molar-refractivity contribution < 1.29 is 12.8 Å². The third-order valence-corrected chi connectivity index (χ3v) is 5.80. The largest absolute Gasteiger partial charge is 0.441 e. The highest BCUT2D eigenvalue weighted by Gasteiger charge is 2.37. The molecule has 1 unspecified atom stereocenters. The van der Waals surface area contributed by atoms with Gasteiger partial charge < -0.3 is 10.2 Å². The van der Waals surface area contributed by atoms with E-state index in [1.165, 1.54) is 6.26 Å². The van der Waals surface area contributed by atoms with Crippen LogP contribution >= 0.6 is 0 Å². The Balaban J connectivity index is 2.26. The molecular weight excluding hydrogens is 264 g/mol. The van der Waals surface area contributed by atoms with Gasteiger partial charge in [0.1, 0.15) is 5.52 Å². The van der Waals surface area contributed by atoms with E-state index in [0.717, 1.165) is 5.52 Å². The van der Waals surface area contributed by atoms with Crippen LogP contribution in [-0.2, 0) is 16.3 Å². The number of hydrogen-bond acceptors (Lipinski definition) is 5. The topological polar surface area (TPSA) is 86.2 Å². The van der Waals surface area contributed by atoms with Crippen molar-refractivity contribution in [1.29, 1.82) is 0 Å². The highest BCUT2D eigenvalue weighted by molar-refractivity contribution is 7.92. The van der Waals surface area contributed by atoms with Crippen LogP contribution in [0.4, 0.5) is 0 Å². The lowest BCUT2D eigenvalue weighted by Crippen LogP contribution is -2.50. The molecule has 0 spiro atoms. The third kappa shape index (κ3) is 2.64. The molecule has 2 N–H and O–H groups in total. The first-order valence-corrected chi connectivity index (χ1v) is 7.90. The summed E-state index contributed by atoms with van der Waals surface area (Å²) >= 11 is 0. The fraction of sp³-hybridized carbons (Fsp3) is 0.462. The lowest BCUT2D eigenvalue weighted by atomic mass is 10.0. The van der Waals surface area contributed by atoms with Gasteiger partial charge in [-0.15, -0.1) is 0 Å². The molecule has 6 heteroatoms. The number of rotatable bonds is 4. The van der Waals surface area contributed by atoms with E-state index in [1.54, 1.807) is 13.8 Å². The van der Waals surface area contributed by atoms with Crippen molar-refractivity contribution in [3.63, 3.8) is 0 Å². The van der Waals surface area contributed by atoms with E-state index in [2.05, 4.69) is 4.98 Å². The Kier molecular flexibility index (Phi) is 3.40. The molecule has 2 rings (SSSR count). The van der Waals surface area contributed by atoms with E-state index in [9.17, 15) is 8.42 Å². The number of aromatic nitrogens is 1. The van der Waals surface area contributed by atoms with Crippen LogP contribution in [0, 0.1) is 0 Å². The van der Waals surface area contributed by atoms with Gasteiger partial charge in [0.05, 0.1) is 4.75 Å². The monoisotopic (exact) mass is 282 g/mol. The molecule has 1 aromatic carbocycles. The Hall–Kier alpha value is -1.40. The summed E-state index contributed by atoms with van der Waals surface area (Å²) in [6.07, 6.45) is 1.48. The van der Waals surface area contributed by atoms with E-state index in [-0.39, 0.29) is 6.42 Å². The summed E-state index contributed by atoms with van der Waals surface area (Å²) in [4.78, 5) is 4.31. The van der Waals surface area contributed by atoms with Gasteiger partial charge in [0.2, 0.25) is 0 Å². The molecule has 5 nitrogen and oxygen atoms in total. The van der Waals surface area contributed by atoms with E-state index < -0.39 is 20.6 Å². The minimum atomic E-state index is -3.25. The van der Waals surface area contributed by atoms with Crippen molar-refractivity contribution in [2.45, 2.75) is 31.1 Å². The minimum Gasteiger partial charge on any atom is -0.441 e. The predicted octanol–water partition coefficient (Wildman–Crippen LogP) is 1.52. The van der Waals surface area contributed by atoms with Crippen molar-refractivity contribution in [3.8, 4) is 0 Å². The lowest BCUT2D eigenvalue weighted by molar-refractivity contribution is 0.437. The van der Waals surface area contributed by atoms with Crippen LogP contribution in [0.25, 0.3) is 11.1 Å². The van der Waals surface area contributed by atoms with Crippen LogP contribution in [0.5, 0.6) is 0 Å². The Morgan fingerprint density at radius 3 is 2.58 bits per heavy atom. The third-order valence-electron chi connectivity index (χ3n) is 3.58. The van der Waals surface area contributed by atoms with Gasteiger partial charge in [0.25, 0.3) is 0 Å². The number of fused-ring (bicyclic) bond motifs is 1. The molecule has 104 valence electrons. The molecule has 0 saturated carbocycles. The Labute approximate surface area is 112 Å². The predicted molar refractivity (Wildman–Crippen MR) is 74.6 cm³/mol. The van der Waals surface area contributed by atoms with E-state index in [0.29, 0.717) is 11.5 Å². The maximum atomic E-state index is 11.7. The fourth-order valence-corrected chi connectivity index (χ4v) is 2.35. The second kappa shape index (κ2) is 4.61. The summed E-state index contributed by atoms with van der Waals surface area (Å²) in [7, 11) is -3.25. The molecular formula is C13H18N2O3S. The molecule has 0 fully saturated rings. The number of nitrogens with two attached hydrogens (primary N) is 1. The lowest BCUT2D eigenvalue weighted by Gasteiger charge is -2.28. The van der Waals surface area contributed by atoms with Gasteiger partial charge in [0, 0.05) is 18.7 Å². The summed E-state index contributed by atoms with van der Waals surface area (Å²) in [5.41, 5.74) is 7.45. The molecule has 19 heavy (non-hydrogen) atoms. The molecule has 0 bridgehead atoms. The number of hydrogen-bond donors (Lipinski definition) is 1. The SMILES string of the molecule is CC(C)(C(N)Cc1nc2ccccc2o1)S(C)(=O)=O. The molecule has 2 aromatic rings. The van der Waals surface area contributed by atoms with Crippen LogP contribution in [-0.4, -0.2) is 30.4 Å². The highest BCUT2D eigenvalue weighted by atomic mass is 32.2. The highest BCUT2D eigenvalue weighted by Crippen LogP contribution is 2.23. The summed E-state index contributed by atoms with van der Waals surface area (Å²) in [5.74, 6) is 0.463. The molecule has 0 aliphatic carbocycles. The average molecular weight is 282 g/mol. The summed E-state index contributed by atoms with van der Waals surface area (Å²) in [6, 6.07) is 6.82. The first-order chi connectivity index (χ1) is 8.72. The van der Waals surface area contributed by atoms with Crippen LogP contribution in [0.1, 0.15) is 19.7 Å². The van der Waals surface area contributed by atoms with Gasteiger partial charge in [-0.2, -0.15) is 0 Å². The zero-order valence-corrected chi connectivity index (χ0v) is 12.1. The zero-order chi connectivity index (χ0) is 14.3. The van der Waals surface area contributed by atoms with Gasteiger partial charge in [-0.05, 0) is 26.0 Å². The van der Waals surface area contributed by atoms with E-state index in [4.69, 9.17) is 10.2 Å². The summed E-state index contributed by atoms with van der Waals surface area (Å²) in [6.45, 7) is 3.24. The Bertz CT molecular complexity index is 656. The molecule has 0 saturated heterocycles. The van der Waals surface area contributed by atoms with Crippen LogP contribution in [0.15, 0.2) is 28.7 Å². The molecule has 0 amide bonds. The van der Waals surface area contributed by atoms with Gasteiger partial charge in [-0.3, -0.25) is 0 Å². The number of oxazole rings is 1. The molecule has 0 aliphatic heterocycles. The second-order valence-electron chi connectivity index (χ2n) is 5.26. The standard InChI is InChI=1S/C13H18N2O3S/c1-13(2,19(3,16)17)11(14)8-12-15-9-6-4-5-7-10(9)18-12/h4-7,11H,8,14H2,1-3H3. The fourth-order valence-electron chi connectivity index (χ4n) is 1.72. The molecule has 0 aliphatic rings. The van der Waals surface area contributed by atoms with Crippen molar-refractivity contribution in [3.05, 3.63) is 30.2 Å². The molecule has 1 atom stereocenters. The number of para-hydroxylation sites is 2.